The van der Waals surface area contributed by atoms with E-state index in [4.69, 9.17) is 0 Å². The van der Waals surface area contributed by atoms with Gasteiger partial charge in [-0.2, -0.15) is 17.5 Å². The molecule has 1 fully saturated rings. The molecule has 13 heteroatoms. The average molecular weight is 628 g/mol. The molecule has 1 aliphatic heterocycles. The molecule has 2 aromatic carbocycles. The highest BCUT2D eigenvalue weighted by Crippen LogP contribution is 2.32. The number of carbonyl (C=O) groups excluding carboxylic acids is 1. The van der Waals surface area contributed by atoms with Gasteiger partial charge in [-0.3, -0.25) is 9.78 Å². The zero-order valence-electron chi connectivity index (χ0n) is 23.6. The molecule has 0 aliphatic carbocycles. The summed E-state index contributed by atoms with van der Waals surface area (Å²) in [5, 5.41) is 6.08. The summed E-state index contributed by atoms with van der Waals surface area (Å²) in [6.45, 7) is 2.05. The van der Waals surface area contributed by atoms with Gasteiger partial charge in [-0.25, -0.2) is 17.8 Å². The standard InChI is InChI=1S/C31H29F4N5O3S/c1-20(23-4-2-14-36-19-23)38-29-17-21(16-27(39-29)22-6-8-24(9-7-22)31(33,34)35)18-37-30(41)28-5-3-15-40(28)44(42,43)26-12-10-25(32)11-13-26/h2,4,6-14,16-17,19-20,28H,3,5,15,18H2,1H3,(H,37,41)(H,38,39). The molecule has 1 saturated heterocycles. The predicted octanol–water partition coefficient (Wildman–Crippen LogP) is 5.94. The number of hydrogen-bond donors (Lipinski definition) is 2. The van der Waals surface area contributed by atoms with Gasteiger partial charge in [-0.1, -0.05) is 18.2 Å². The Morgan fingerprint density at radius 3 is 2.45 bits per heavy atom. The minimum absolute atomic E-state index is 0.00583. The quantitative estimate of drug-likeness (QED) is 0.223. The predicted molar refractivity (Wildman–Crippen MR) is 156 cm³/mol. The van der Waals surface area contributed by atoms with Crippen LogP contribution < -0.4 is 10.6 Å². The van der Waals surface area contributed by atoms with E-state index in [2.05, 4.69) is 20.6 Å². The molecule has 1 aliphatic rings. The zero-order chi connectivity index (χ0) is 31.5. The lowest BCUT2D eigenvalue weighted by Crippen LogP contribution is -2.45. The van der Waals surface area contributed by atoms with Gasteiger partial charge >= 0.3 is 6.18 Å². The van der Waals surface area contributed by atoms with Crippen molar-refractivity contribution in [1.82, 2.24) is 19.6 Å². The van der Waals surface area contributed by atoms with Crippen LogP contribution in [-0.2, 0) is 27.5 Å². The molecule has 230 valence electrons. The Morgan fingerprint density at radius 1 is 1.07 bits per heavy atom. The maximum absolute atomic E-state index is 13.4. The Labute approximate surface area is 252 Å². The number of amides is 1. The van der Waals surface area contributed by atoms with Crippen LogP contribution in [0.15, 0.2) is 90.1 Å². The van der Waals surface area contributed by atoms with Gasteiger partial charge in [-0.05, 0) is 85.5 Å². The van der Waals surface area contributed by atoms with E-state index in [0.717, 1.165) is 34.1 Å². The van der Waals surface area contributed by atoms with Crippen LogP contribution >= 0.6 is 0 Å². The highest BCUT2D eigenvalue weighted by molar-refractivity contribution is 7.89. The number of aromatic nitrogens is 2. The number of carbonyl (C=O) groups is 1. The normalized spacial score (nSPS) is 16.4. The van der Waals surface area contributed by atoms with E-state index in [1.165, 1.54) is 24.3 Å². The third-order valence-electron chi connectivity index (χ3n) is 7.34. The Kier molecular flexibility index (Phi) is 8.97. The fourth-order valence-corrected chi connectivity index (χ4v) is 6.67. The van der Waals surface area contributed by atoms with Crippen molar-refractivity contribution in [2.45, 2.75) is 49.5 Å². The van der Waals surface area contributed by atoms with E-state index in [1.54, 1.807) is 30.6 Å². The summed E-state index contributed by atoms with van der Waals surface area (Å²) in [4.78, 5) is 21.9. The second-order valence-electron chi connectivity index (χ2n) is 10.4. The van der Waals surface area contributed by atoms with Gasteiger partial charge in [0.05, 0.1) is 22.2 Å². The minimum atomic E-state index is -4.48. The molecule has 4 aromatic rings. The summed E-state index contributed by atoms with van der Waals surface area (Å²) < 4.78 is 80.4. The van der Waals surface area contributed by atoms with Gasteiger partial charge in [0.15, 0.2) is 0 Å². The number of benzene rings is 2. The smallest absolute Gasteiger partial charge is 0.363 e. The molecule has 44 heavy (non-hydrogen) atoms. The van der Waals surface area contributed by atoms with Gasteiger partial charge in [0.2, 0.25) is 15.9 Å². The van der Waals surface area contributed by atoms with Crippen LogP contribution in [0.25, 0.3) is 11.3 Å². The molecule has 0 radical (unpaired) electrons. The Hall–Kier alpha value is -4.36. The molecule has 1 amide bonds. The van der Waals surface area contributed by atoms with Gasteiger partial charge < -0.3 is 10.6 Å². The highest BCUT2D eigenvalue weighted by atomic mass is 32.2. The number of anilines is 1. The van der Waals surface area contributed by atoms with Gasteiger partial charge in [0, 0.05) is 31.0 Å². The first kappa shape index (κ1) is 31.1. The average Bonchev–Trinajstić information content (AvgIpc) is 3.52. The molecule has 3 heterocycles. The molecule has 2 aromatic heterocycles. The molecule has 2 atom stereocenters. The third-order valence-corrected chi connectivity index (χ3v) is 9.26. The summed E-state index contributed by atoms with van der Waals surface area (Å²) in [6, 6.07) is 14.9. The van der Waals surface area contributed by atoms with Crippen molar-refractivity contribution in [2.75, 3.05) is 11.9 Å². The van der Waals surface area contributed by atoms with E-state index in [9.17, 15) is 30.8 Å². The molecular weight excluding hydrogens is 598 g/mol. The zero-order valence-corrected chi connectivity index (χ0v) is 24.4. The van der Waals surface area contributed by atoms with Crippen LogP contribution in [0, 0.1) is 5.82 Å². The maximum atomic E-state index is 13.4. The van der Waals surface area contributed by atoms with Gasteiger partial charge in [-0.15, -0.1) is 0 Å². The lowest BCUT2D eigenvalue weighted by molar-refractivity contribution is -0.137. The maximum Gasteiger partial charge on any atom is 0.416 e. The lowest BCUT2D eigenvalue weighted by atomic mass is 10.1. The number of sulfonamides is 1. The van der Waals surface area contributed by atoms with Crippen molar-refractivity contribution in [2.24, 2.45) is 0 Å². The largest absolute Gasteiger partial charge is 0.416 e. The summed E-state index contributed by atoms with van der Waals surface area (Å²) >= 11 is 0. The summed E-state index contributed by atoms with van der Waals surface area (Å²) in [5.74, 6) is -0.653. The number of halogens is 4. The molecule has 0 bridgehead atoms. The first-order valence-corrected chi connectivity index (χ1v) is 15.3. The topological polar surface area (TPSA) is 104 Å². The number of nitrogens with zero attached hydrogens (tertiary/aromatic N) is 3. The first-order valence-electron chi connectivity index (χ1n) is 13.8. The monoisotopic (exact) mass is 627 g/mol. The Balaban J connectivity index is 1.38. The Bertz CT molecular complexity index is 1720. The van der Waals surface area contributed by atoms with Crippen LogP contribution in [-0.4, -0.2) is 41.2 Å². The summed E-state index contributed by atoms with van der Waals surface area (Å²) in [5.41, 5.74) is 1.51. The molecule has 2 unspecified atom stereocenters. The Morgan fingerprint density at radius 2 is 1.80 bits per heavy atom. The van der Waals surface area contributed by atoms with E-state index in [1.807, 2.05) is 13.0 Å². The SMILES string of the molecule is CC(Nc1cc(CNC(=O)C2CCCN2S(=O)(=O)c2ccc(F)cc2)cc(-c2ccc(C(F)(F)F)cc2)n1)c1cccnc1. The minimum Gasteiger partial charge on any atom is -0.363 e. The molecule has 0 spiro atoms. The number of pyridine rings is 2. The molecule has 0 saturated carbocycles. The lowest BCUT2D eigenvalue weighted by Gasteiger charge is -2.23. The summed E-state index contributed by atoms with van der Waals surface area (Å²) in [6.07, 6.45) is -0.341. The molecule has 2 N–H and O–H groups in total. The van der Waals surface area contributed by atoms with Crippen molar-refractivity contribution in [3.05, 3.63) is 108 Å². The molecule has 8 nitrogen and oxygen atoms in total. The second kappa shape index (κ2) is 12.7. The third kappa shape index (κ3) is 7.05. The van der Waals surface area contributed by atoms with E-state index in [0.29, 0.717) is 35.5 Å². The van der Waals surface area contributed by atoms with Gasteiger partial charge in [0.1, 0.15) is 17.7 Å². The number of nitrogens with one attached hydrogen (secondary N) is 2. The molecular formula is C31H29F4N5O3S. The van der Waals surface area contributed by atoms with Crippen LogP contribution in [0.3, 0.4) is 0 Å². The van der Waals surface area contributed by atoms with E-state index < -0.39 is 39.5 Å². The van der Waals surface area contributed by atoms with Crippen molar-refractivity contribution >= 4 is 21.7 Å². The fourth-order valence-electron chi connectivity index (χ4n) is 5.02. The number of hydrogen-bond acceptors (Lipinski definition) is 6. The van der Waals surface area contributed by atoms with Crippen molar-refractivity contribution in [3.8, 4) is 11.3 Å². The second-order valence-corrected chi connectivity index (χ2v) is 12.3. The van der Waals surface area contributed by atoms with Crippen molar-refractivity contribution < 1.29 is 30.8 Å². The van der Waals surface area contributed by atoms with Crippen LogP contribution in [0.2, 0.25) is 0 Å². The van der Waals surface area contributed by atoms with E-state index in [-0.39, 0.29) is 24.0 Å². The summed E-state index contributed by atoms with van der Waals surface area (Å²) in [7, 11) is -4.04. The van der Waals surface area contributed by atoms with Gasteiger partial charge in [0.25, 0.3) is 0 Å². The van der Waals surface area contributed by atoms with Crippen LogP contribution in [0.1, 0.15) is 42.5 Å². The number of alkyl halides is 3. The van der Waals surface area contributed by atoms with Crippen LogP contribution in [0.4, 0.5) is 23.4 Å². The van der Waals surface area contributed by atoms with E-state index >= 15 is 0 Å². The number of rotatable bonds is 9. The van der Waals surface area contributed by atoms with Crippen molar-refractivity contribution in [1.29, 1.82) is 0 Å². The first-order chi connectivity index (χ1) is 20.9. The van der Waals surface area contributed by atoms with Crippen LogP contribution in [0.5, 0.6) is 0 Å². The fraction of sp³-hybridized carbons (Fsp3) is 0.258. The molecule has 5 rings (SSSR count). The highest BCUT2D eigenvalue weighted by Gasteiger charge is 2.39. The van der Waals surface area contributed by atoms with Crippen molar-refractivity contribution in [3.63, 3.8) is 0 Å².